The van der Waals surface area contributed by atoms with Crippen LogP contribution in [0.4, 0.5) is 0 Å². The molecule has 0 bridgehead atoms. The molecule has 17 heavy (non-hydrogen) atoms. The quantitative estimate of drug-likeness (QED) is 0.705. The Morgan fingerprint density at radius 2 is 2.00 bits per heavy atom. The minimum atomic E-state index is -3.94. The zero-order chi connectivity index (χ0) is 13.1. The van der Waals surface area contributed by atoms with E-state index in [0.29, 0.717) is 5.56 Å². The lowest BCUT2D eigenvalue weighted by Gasteiger charge is -2.10. The molecule has 0 amide bonds. The summed E-state index contributed by atoms with van der Waals surface area (Å²) in [6.07, 6.45) is 0. The minimum absolute atomic E-state index is 0.0434. The summed E-state index contributed by atoms with van der Waals surface area (Å²) in [4.78, 5) is 10.6. The van der Waals surface area contributed by atoms with Gasteiger partial charge < -0.3 is 10.2 Å². The lowest BCUT2D eigenvalue weighted by Crippen LogP contribution is -2.37. The summed E-state index contributed by atoms with van der Waals surface area (Å²) >= 11 is 0. The van der Waals surface area contributed by atoms with Crippen LogP contribution in [0.1, 0.15) is 12.5 Å². The van der Waals surface area contributed by atoms with E-state index >= 15 is 0 Å². The summed E-state index contributed by atoms with van der Waals surface area (Å²) in [7, 11) is -3.94. The van der Waals surface area contributed by atoms with Gasteiger partial charge in [0.15, 0.2) is 5.25 Å². The molecular weight excluding hydrogens is 246 g/mol. The number of carbonyl (C=O) groups is 1. The van der Waals surface area contributed by atoms with Crippen LogP contribution in [0.5, 0.6) is 5.75 Å². The minimum Gasteiger partial charge on any atom is -0.508 e. The van der Waals surface area contributed by atoms with Crippen molar-refractivity contribution in [1.82, 2.24) is 4.72 Å². The van der Waals surface area contributed by atoms with Crippen molar-refractivity contribution < 1.29 is 23.4 Å². The topological polar surface area (TPSA) is 104 Å². The maximum Gasteiger partial charge on any atom is 0.323 e. The SMILES string of the molecule is CC(C(=O)O)S(=O)(=O)NCc1ccccc1O. The van der Waals surface area contributed by atoms with E-state index in [9.17, 15) is 18.3 Å². The fourth-order valence-corrected chi connectivity index (χ4v) is 1.97. The zero-order valence-electron chi connectivity index (χ0n) is 9.12. The Morgan fingerprint density at radius 3 is 2.53 bits per heavy atom. The predicted octanol–water partition coefficient (Wildman–Crippen LogP) is 0.285. The molecule has 1 atom stereocenters. The van der Waals surface area contributed by atoms with Crippen LogP contribution in [0.3, 0.4) is 0 Å². The molecule has 0 aliphatic heterocycles. The molecule has 0 aromatic heterocycles. The highest BCUT2D eigenvalue weighted by Gasteiger charge is 2.27. The van der Waals surface area contributed by atoms with Crippen LogP contribution in [-0.2, 0) is 21.4 Å². The molecule has 1 aromatic rings. The smallest absolute Gasteiger partial charge is 0.323 e. The number of sulfonamides is 1. The first-order valence-electron chi connectivity index (χ1n) is 4.82. The molecule has 0 spiro atoms. The monoisotopic (exact) mass is 259 g/mol. The number of phenolic OH excluding ortho intramolecular Hbond substituents is 1. The molecule has 0 radical (unpaired) electrons. The van der Waals surface area contributed by atoms with Crippen LogP contribution < -0.4 is 4.72 Å². The van der Waals surface area contributed by atoms with E-state index < -0.39 is 21.2 Å². The van der Waals surface area contributed by atoms with Crippen molar-refractivity contribution in [2.24, 2.45) is 0 Å². The van der Waals surface area contributed by atoms with Gasteiger partial charge in [-0.05, 0) is 13.0 Å². The van der Waals surface area contributed by atoms with E-state index in [4.69, 9.17) is 5.11 Å². The van der Waals surface area contributed by atoms with Gasteiger partial charge in [-0.15, -0.1) is 0 Å². The van der Waals surface area contributed by atoms with Crippen LogP contribution in [0.15, 0.2) is 24.3 Å². The molecule has 7 heteroatoms. The lowest BCUT2D eigenvalue weighted by atomic mass is 10.2. The second kappa shape index (κ2) is 5.15. The third-order valence-electron chi connectivity index (χ3n) is 2.27. The molecule has 3 N–H and O–H groups in total. The number of carboxylic acid groups (broad SMARTS) is 1. The first-order chi connectivity index (χ1) is 7.84. The second-order valence-electron chi connectivity index (χ2n) is 3.48. The van der Waals surface area contributed by atoms with Gasteiger partial charge in [0.05, 0.1) is 0 Å². The average molecular weight is 259 g/mol. The van der Waals surface area contributed by atoms with Gasteiger partial charge in [-0.1, -0.05) is 18.2 Å². The van der Waals surface area contributed by atoms with Gasteiger partial charge in [-0.25, -0.2) is 13.1 Å². The Morgan fingerprint density at radius 1 is 1.41 bits per heavy atom. The number of carboxylic acids is 1. The van der Waals surface area contributed by atoms with E-state index in [0.717, 1.165) is 6.92 Å². The fraction of sp³-hybridized carbons (Fsp3) is 0.300. The van der Waals surface area contributed by atoms with Crippen molar-refractivity contribution in [3.8, 4) is 5.75 Å². The molecule has 1 rings (SSSR count). The van der Waals surface area contributed by atoms with Crippen molar-refractivity contribution in [2.45, 2.75) is 18.7 Å². The Kier molecular flexibility index (Phi) is 4.08. The number of phenols is 1. The fourth-order valence-electron chi connectivity index (χ4n) is 1.10. The molecule has 1 aromatic carbocycles. The molecule has 1 unspecified atom stereocenters. The number of hydrogen-bond donors (Lipinski definition) is 3. The highest BCUT2D eigenvalue weighted by Crippen LogP contribution is 2.15. The molecule has 6 nitrogen and oxygen atoms in total. The number of aliphatic carboxylic acids is 1. The van der Waals surface area contributed by atoms with Gasteiger partial charge in [0.2, 0.25) is 10.0 Å². The molecule has 0 fully saturated rings. The number of nitrogens with one attached hydrogen (secondary N) is 1. The third kappa shape index (κ3) is 3.43. The summed E-state index contributed by atoms with van der Waals surface area (Å²) in [6.45, 7) is 0.933. The van der Waals surface area contributed by atoms with Gasteiger partial charge >= 0.3 is 5.97 Å². The first kappa shape index (κ1) is 13.5. The van der Waals surface area contributed by atoms with E-state index in [-0.39, 0.29) is 12.3 Å². The Balaban J connectivity index is 2.75. The van der Waals surface area contributed by atoms with Crippen molar-refractivity contribution in [2.75, 3.05) is 0 Å². The first-order valence-corrected chi connectivity index (χ1v) is 6.37. The highest BCUT2D eigenvalue weighted by atomic mass is 32.2. The van der Waals surface area contributed by atoms with Crippen molar-refractivity contribution in [1.29, 1.82) is 0 Å². The van der Waals surface area contributed by atoms with Gasteiger partial charge in [0, 0.05) is 12.1 Å². The normalized spacial score (nSPS) is 13.2. The second-order valence-corrected chi connectivity index (χ2v) is 5.56. The average Bonchev–Trinajstić information content (AvgIpc) is 2.27. The van der Waals surface area contributed by atoms with Crippen LogP contribution in [0.2, 0.25) is 0 Å². The van der Waals surface area contributed by atoms with E-state index in [1.807, 2.05) is 0 Å². The molecular formula is C10H13NO5S. The van der Waals surface area contributed by atoms with E-state index in [1.54, 1.807) is 18.2 Å². The van der Waals surface area contributed by atoms with E-state index in [2.05, 4.69) is 4.72 Å². The van der Waals surface area contributed by atoms with Crippen LogP contribution in [-0.4, -0.2) is 29.9 Å². The number of aromatic hydroxyl groups is 1. The maximum atomic E-state index is 11.5. The molecule has 0 aliphatic rings. The van der Waals surface area contributed by atoms with Crippen LogP contribution in [0, 0.1) is 0 Å². The molecule has 0 saturated heterocycles. The number of hydrogen-bond acceptors (Lipinski definition) is 4. The molecule has 0 saturated carbocycles. The van der Waals surface area contributed by atoms with Crippen LogP contribution in [0.25, 0.3) is 0 Å². The van der Waals surface area contributed by atoms with Gasteiger partial charge in [-0.3, -0.25) is 4.79 Å². The largest absolute Gasteiger partial charge is 0.508 e. The van der Waals surface area contributed by atoms with E-state index in [1.165, 1.54) is 6.07 Å². The summed E-state index contributed by atoms with van der Waals surface area (Å²) in [5.41, 5.74) is 0.383. The summed E-state index contributed by atoms with van der Waals surface area (Å²) in [5, 5.41) is 16.5. The molecule has 0 aliphatic carbocycles. The molecule has 94 valence electrons. The number of benzene rings is 1. The van der Waals surface area contributed by atoms with Gasteiger partial charge in [0.1, 0.15) is 5.75 Å². The Hall–Kier alpha value is -1.60. The van der Waals surface area contributed by atoms with Gasteiger partial charge in [0.25, 0.3) is 0 Å². The zero-order valence-corrected chi connectivity index (χ0v) is 9.94. The summed E-state index contributed by atoms with van der Waals surface area (Å²) in [6, 6.07) is 6.21. The lowest BCUT2D eigenvalue weighted by molar-refractivity contribution is -0.136. The molecule has 0 heterocycles. The van der Waals surface area contributed by atoms with Crippen LogP contribution >= 0.6 is 0 Å². The Bertz CT molecular complexity index is 511. The van der Waals surface area contributed by atoms with Crippen molar-refractivity contribution in [3.05, 3.63) is 29.8 Å². The highest BCUT2D eigenvalue weighted by molar-refractivity contribution is 7.90. The van der Waals surface area contributed by atoms with Crippen molar-refractivity contribution >= 4 is 16.0 Å². The number of rotatable bonds is 5. The summed E-state index contributed by atoms with van der Waals surface area (Å²) < 4.78 is 25.1. The third-order valence-corrected chi connectivity index (χ3v) is 3.95. The number of para-hydroxylation sites is 1. The van der Waals surface area contributed by atoms with Gasteiger partial charge in [-0.2, -0.15) is 0 Å². The predicted molar refractivity (Wildman–Crippen MR) is 61.0 cm³/mol. The maximum absolute atomic E-state index is 11.5. The summed E-state index contributed by atoms with van der Waals surface area (Å²) in [5.74, 6) is -1.46. The Labute approximate surface area is 99.0 Å². The van der Waals surface area contributed by atoms with Crippen molar-refractivity contribution in [3.63, 3.8) is 0 Å². The standard InChI is InChI=1S/C10H13NO5S/c1-7(10(13)14)17(15,16)11-6-8-4-2-3-5-9(8)12/h2-5,7,11-12H,6H2,1H3,(H,13,14).